The minimum absolute atomic E-state index is 0.225. The molecule has 2 N–H and O–H groups in total. The minimum Gasteiger partial charge on any atom is -0.449 e. The van der Waals surface area contributed by atoms with Gasteiger partial charge in [0.1, 0.15) is 0 Å². The number of amides is 2. The maximum Gasteiger partial charge on any atom is 0.322 e. The van der Waals surface area contributed by atoms with E-state index in [-0.39, 0.29) is 12.1 Å². The highest BCUT2D eigenvalue weighted by Gasteiger charge is 2.16. The Balaban J connectivity index is 1.81. The number of urea groups is 1. The molecule has 0 spiro atoms. The second-order valence-corrected chi connectivity index (χ2v) is 4.83. The molecule has 1 aromatic heterocycles. The number of anilines is 1. The molecule has 2 aromatic carbocycles. The first kappa shape index (κ1) is 13.9. The molecule has 2 amide bonds. The average molecular weight is 292 g/mol. The Hall–Kier alpha value is -3.01. The first-order chi connectivity index (χ1) is 10.8. The first-order valence-electron chi connectivity index (χ1n) is 7.04. The van der Waals surface area contributed by atoms with Crippen LogP contribution in [0.4, 0.5) is 10.7 Å². The molecule has 0 fully saturated rings. The molecule has 3 rings (SSSR count). The molecule has 0 atom stereocenters. The van der Waals surface area contributed by atoms with Crippen LogP contribution in [-0.4, -0.2) is 6.03 Å². The number of hydrogen-bond donors (Lipinski definition) is 2. The zero-order valence-electron chi connectivity index (χ0n) is 11.9. The normalized spacial score (nSPS) is 10.4. The molecular formula is C18H16N2O2. The summed E-state index contributed by atoms with van der Waals surface area (Å²) in [6.07, 6.45) is 1.52. The Morgan fingerprint density at radius 1 is 0.818 bits per heavy atom. The number of rotatable bonds is 4. The van der Waals surface area contributed by atoms with Crippen LogP contribution in [0.5, 0.6) is 0 Å². The summed E-state index contributed by atoms with van der Waals surface area (Å²) >= 11 is 0. The van der Waals surface area contributed by atoms with E-state index in [1.165, 1.54) is 6.26 Å². The Kier molecular flexibility index (Phi) is 4.20. The van der Waals surface area contributed by atoms with E-state index in [9.17, 15) is 4.79 Å². The van der Waals surface area contributed by atoms with Crippen LogP contribution in [0.15, 0.2) is 83.5 Å². The minimum atomic E-state index is -0.312. The van der Waals surface area contributed by atoms with Gasteiger partial charge in [0.25, 0.3) is 0 Å². The summed E-state index contributed by atoms with van der Waals surface area (Å²) in [7, 11) is 0. The number of carbonyl (C=O) groups is 1. The molecule has 0 aliphatic rings. The Bertz CT molecular complexity index is 670. The second kappa shape index (κ2) is 6.63. The highest BCUT2D eigenvalue weighted by atomic mass is 16.3. The molecule has 110 valence electrons. The third-order valence-electron chi connectivity index (χ3n) is 3.30. The molecule has 0 unspecified atom stereocenters. The summed E-state index contributed by atoms with van der Waals surface area (Å²) in [6.45, 7) is 0. The van der Waals surface area contributed by atoms with Crippen molar-refractivity contribution in [2.75, 3.05) is 5.32 Å². The highest BCUT2D eigenvalue weighted by molar-refractivity contribution is 5.88. The summed E-state index contributed by atoms with van der Waals surface area (Å²) in [5.41, 5.74) is 2.03. The van der Waals surface area contributed by atoms with E-state index >= 15 is 0 Å². The summed E-state index contributed by atoms with van der Waals surface area (Å²) in [5, 5.41) is 5.65. The van der Waals surface area contributed by atoms with Gasteiger partial charge in [-0.25, -0.2) is 4.79 Å². The van der Waals surface area contributed by atoms with E-state index in [4.69, 9.17) is 4.42 Å². The van der Waals surface area contributed by atoms with Crippen LogP contribution in [0.25, 0.3) is 0 Å². The van der Waals surface area contributed by atoms with Gasteiger partial charge in [0, 0.05) is 6.07 Å². The van der Waals surface area contributed by atoms with Crippen LogP contribution in [-0.2, 0) is 0 Å². The van der Waals surface area contributed by atoms with Crippen molar-refractivity contribution in [2.24, 2.45) is 0 Å². The molecule has 22 heavy (non-hydrogen) atoms. The van der Waals surface area contributed by atoms with Crippen molar-refractivity contribution in [1.29, 1.82) is 0 Å². The van der Waals surface area contributed by atoms with Gasteiger partial charge >= 0.3 is 6.03 Å². The quantitative estimate of drug-likeness (QED) is 0.757. The lowest BCUT2D eigenvalue weighted by atomic mass is 9.99. The zero-order chi connectivity index (χ0) is 15.2. The molecule has 0 saturated heterocycles. The fraction of sp³-hybridized carbons (Fsp3) is 0.0556. The van der Waals surface area contributed by atoms with Crippen molar-refractivity contribution < 1.29 is 9.21 Å². The zero-order valence-corrected chi connectivity index (χ0v) is 11.9. The maximum absolute atomic E-state index is 12.2. The topological polar surface area (TPSA) is 54.3 Å². The Morgan fingerprint density at radius 2 is 1.41 bits per heavy atom. The van der Waals surface area contributed by atoms with Gasteiger partial charge in [-0.15, -0.1) is 0 Å². The molecule has 4 nitrogen and oxygen atoms in total. The van der Waals surface area contributed by atoms with Gasteiger partial charge in [-0.1, -0.05) is 60.7 Å². The van der Waals surface area contributed by atoms with Gasteiger partial charge < -0.3 is 9.73 Å². The lowest BCUT2D eigenvalue weighted by Gasteiger charge is -2.19. The van der Waals surface area contributed by atoms with E-state index in [1.54, 1.807) is 12.1 Å². The van der Waals surface area contributed by atoms with Crippen LogP contribution >= 0.6 is 0 Å². The van der Waals surface area contributed by atoms with Crippen molar-refractivity contribution in [3.63, 3.8) is 0 Å². The van der Waals surface area contributed by atoms with Crippen molar-refractivity contribution >= 4 is 11.9 Å². The van der Waals surface area contributed by atoms with Crippen LogP contribution in [0.2, 0.25) is 0 Å². The lowest BCUT2D eigenvalue weighted by molar-refractivity contribution is 0.249. The average Bonchev–Trinajstić information content (AvgIpc) is 3.07. The van der Waals surface area contributed by atoms with Gasteiger partial charge in [0.2, 0.25) is 5.88 Å². The summed E-state index contributed by atoms with van der Waals surface area (Å²) < 4.78 is 5.13. The lowest BCUT2D eigenvalue weighted by Crippen LogP contribution is -2.33. The maximum atomic E-state index is 12.2. The van der Waals surface area contributed by atoms with Crippen molar-refractivity contribution in [2.45, 2.75) is 6.04 Å². The monoisotopic (exact) mass is 292 g/mol. The SMILES string of the molecule is O=C(Nc1ccco1)NC(c1ccccc1)c1ccccc1. The van der Waals surface area contributed by atoms with Gasteiger partial charge in [0.15, 0.2) is 0 Å². The molecule has 0 aliphatic carbocycles. The van der Waals surface area contributed by atoms with Crippen LogP contribution in [0.1, 0.15) is 17.2 Å². The number of furan rings is 1. The predicted molar refractivity (Wildman–Crippen MR) is 85.6 cm³/mol. The van der Waals surface area contributed by atoms with Crippen LogP contribution in [0, 0.1) is 0 Å². The van der Waals surface area contributed by atoms with Gasteiger partial charge in [-0.05, 0) is 17.2 Å². The van der Waals surface area contributed by atoms with Crippen molar-refractivity contribution in [3.05, 3.63) is 90.2 Å². The second-order valence-electron chi connectivity index (χ2n) is 4.83. The number of benzene rings is 2. The van der Waals surface area contributed by atoms with Gasteiger partial charge in [0.05, 0.1) is 12.3 Å². The number of carbonyl (C=O) groups excluding carboxylic acids is 1. The summed E-state index contributed by atoms with van der Waals surface area (Å²) in [5.74, 6) is 0.414. The largest absolute Gasteiger partial charge is 0.449 e. The fourth-order valence-corrected chi connectivity index (χ4v) is 2.28. The Labute approximate surface area is 128 Å². The number of hydrogen-bond acceptors (Lipinski definition) is 2. The summed E-state index contributed by atoms with van der Waals surface area (Å²) in [6, 6.07) is 22.6. The molecular weight excluding hydrogens is 276 g/mol. The van der Waals surface area contributed by atoms with Crippen molar-refractivity contribution in [3.8, 4) is 0 Å². The van der Waals surface area contributed by atoms with E-state index in [0.717, 1.165) is 11.1 Å². The van der Waals surface area contributed by atoms with E-state index in [2.05, 4.69) is 10.6 Å². The van der Waals surface area contributed by atoms with Gasteiger partial charge in [-0.3, -0.25) is 5.32 Å². The smallest absolute Gasteiger partial charge is 0.322 e. The number of nitrogens with one attached hydrogen (secondary N) is 2. The molecule has 1 heterocycles. The van der Waals surface area contributed by atoms with E-state index in [1.807, 2.05) is 60.7 Å². The Morgan fingerprint density at radius 3 is 1.91 bits per heavy atom. The molecule has 0 saturated carbocycles. The van der Waals surface area contributed by atoms with Crippen LogP contribution < -0.4 is 10.6 Å². The van der Waals surface area contributed by atoms with Crippen LogP contribution in [0.3, 0.4) is 0 Å². The third-order valence-corrected chi connectivity index (χ3v) is 3.30. The van der Waals surface area contributed by atoms with Gasteiger partial charge in [-0.2, -0.15) is 0 Å². The molecule has 0 radical (unpaired) electrons. The highest BCUT2D eigenvalue weighted by Crippen LogP contribution is 2.21. The van der Waals surface area contributed by atoms with E-state index < -0.39 is 0 Å². The third kappa shape index (κ3) is 3.35. The molecule has 0 aliphatic heterocycles. The standard InChI is InChI=1S/C18H16N2O2/c21-18(19-16-12-7-13-22-16)20-17(14-8-3-1-4-9-14)15-10-5-2-6-11-15/h1-13,17H,(H2,19,20,21). The van der Waals surface area contributed by atoms with E-state index in [0.29, 0.717) is 5.88 Å². The first-order valence-corrected chi connectivity index (χ1v) is 7.04. The molecule has 0 bridgehead atoms. The summed E-state index contributed by atoms with van der Waals surface area (Å²) in [4.78, 5) is 12.2. The fourth-order valence-electron chi connectivity index (χ4n) is 2.28. The molecule has 4 heteroatoms. The predicted octanol–water partition coefficient (Wildman–Crippen LogP) is 4.19. The molecule has 3 aromatic rings. The van der Waals surface area contributed by atoms with Crippen molar-refractivity contribution in [1.82, 2.24) is 5.32 Å².